The standard InChI is InChI=1S/C15H21NO2S/c1-11-3-5-13(6-4-11)16-8-7-14(15(16)18)19-10-12(2)9-17/h3-6,12,14,17H,7-10H2,1-2H3/t12-,14-/m1/s1. The molecule has 1 saturated heterocycles. The molecule has 104 valence electrons. The lowest BCUT2D eigenvalue weighted by Gasteiger charge is -2.17. The normalized spacial score (nSPS) is 20.9. The predicted molar refractivity (Wildman–Crippen MR) is 80.6 cm³/mol. The van der Waals surface area contributed by atoms with Crippen molar-refractivity contribution in [3.63, 3.8) is 0 Å². The first-order chi connectivity index (χ1) is 9.11. The van der Waals surface area contributed by atoms with E-state index in [-0.39, 0.29) is 23.7 Å². The van der Waals surface area contributed by atoms with Crippen LogP contribution in [-0.2, 0) is 4.79 Å². The highest BCUT2D eigenvalue weighted by Gasteiger charge is 2.32. The minimum Gasteiger partial charge on any atom is -0.396 e. The average Bonchev–Trinajstić information content (AvgIpc) is 2.78. The lowest BCUT2D eigenvalue weighted by molar-refractivity contribution is -0.116. The van der Waals surface area contributed by atoms with Crippen molar-refractivity contribution in [1.82, 2.24) is 0 Å². The van der Waals surface area contributed by atoms with Gasteiger partial charge in [0, 0.05) is 18.8 Å². The fourth-order valence-corrected chi connectivity index (χ4v) is 3.33. The first kappa shape index (κ1) is 14.4. The number of hydrogen-bond donors (Lipinski definition) is 1. The smallest absolute Gasteiger partial charge is 0.240 e. The van der Waals surface area contributed by atoms with Gasteiger partial charge in [-0.1, -0.05) is 24.6 Å². The quantitative estimate of drug-likeness (QED) is 0.900. The van der Waals surface area contributed by atoms with Crippen LogP contribution in [0, 0.1) is 12.8 Å². The summed E-state index contributed by atoms with van der Waals surface area (Å²) in [4.78, 5) is 14.2. The average molecular weight is 279 g/mol. The Balaban J connectivity index is 1.96. The molecule has 1 amide bonds. The Hall–Kier alpha value is -1.00. The molecule has 19 heavy (non-hydrogen) atoms. The van der Waals surface area contributed by atoms with Crippen LogP contribution in [0.4, 0.5) is 5.69 Å². The molecule has 1 fully saturated rings. The molecule has 1 N–H and O–H groups in total. The number of thioether (sulfide) groups is 1. The number of aryl methyl sites for hydroxylation is 1. The van der Waals surface area contributed by atoms with Crippen molar-refractivity contribution in [2.24, 2.45) is 5.92 Å². The molecule has 2 atom stereocenters. The van der Waals surface area contributed by atoms with E-state index in [9.17, 15) is 4.79 Å². The zero-order chi connectivity index (χ0) is 13.8. The summed E-state index contributed by atoms with van der Waals surface area (Å²) < 4.78 is 0. The summed E-state index contributed by atoms with van der Waals surface area (Å²) in [7, 11) is 0. The zero-order valence-electron chi connectivity index (χ0n) is 11.5. The molecule has 0 saturated carbocycles. The van der Waals surface area contributed by atoms with Crippen molar-refractivity contribution in [1.29, 1.82) is 0 Å². The molecule has 3 nitrogen and oxygen atoms in total. The lowest BCUT2D eigenvalue weighted by Crippen LogP contribution is -2.28. The molecule has 1 aliphatic rings. The van der Waals surface area contributed by atoms with Crippen molar-refractivity contribution >= 4 is 23.4 Å². The molecule has 1 aromatic carbocycles. The van der Waals surface area contributed by atoms with E-state index in [4.69, 9.17) is 5.11 Å². The molecule has 4 heteroatoms. The van der Waals surface area contributed by atoms with Crippen LogP contribution in [0.15, 0.2) is 24.3 Å². The van der Waals surface area contributed by atoms with Gasteiger partial charge in [0.2, 0.25) is 5.91 Å². The van der Waals surface area contributed by atoms with Crippen molar-refractivity contribution < 1.29 is 9.90 Å². The van der Waals surface area contributed by atoms with E-state index in [1.54, 1.807) is 11.8 Å². The minimum atomic E-state index is 0.0512. The largest absolute Gasteiger partial charge is 0.396 e. The topological polar surface area (TPSA) is 40.5 Å². The SMILES string of the molecule is Cc1ccc(N2CC[C@@H](SC[C@H](C)CO)C2=O)cc1. The molecule has 0 bridgehead atoms. The number of anilines is 1. The molecule has 1 aliphatic heterocycles. The number of carbonyl (C=O) groups is 1. The van der Waals surface area contributed by atoms with Gasteiger partial charge in [0.25, 0.3) is 0 Å². The maximum Gasteiger partial charge on any atom is 0.240 e. The van der Waals surface area contributed by atoms with Crippen LogP contribution in [0.25, 0.3) is 0 Å². The van der Waals surface area contributed by atoms with Crippen LogP contribution in [-0.4, -0.2) is 35.2 Å². The van der Waals surface area contributed by atoms with E-state index >= 15 is 0 Å². The molecular formula is C15H21NO2S. The maximum absolute atomic E-state index is 12.3. The number of aliphatic hydroxyl groups excluding tert-OH is 1. The van der Waals surface area contributed by atoms with Gasteiger partial charge in [-0.3, -0.25) is 4.79 Å². The van der Waals surface area contributed by atoms with E-state index < -0.39 is 0 Å². The summed E-state index contributed by atoms with van der Waals surface area (Å²) in [5.74, 6) is 1.31. The third-order valence-corrected chi connectivity index (χ3v) is 5.00. The van der Waals surface area contributed by atoms with Gasteiger partial charge >= 0.3 is 0 Å². The van der Waals surface area contributed by atoms with Crippen LogP contribution in [0.2, 0.25) is 0 Å². The van der Waals surface area contributed by atoms with Gasteiger partial charge in [0.05, 0.1) is 5.25 Å². The second-order valence-corrected chi connectivity index (χ2v) is 6.46. The van der Waals surface area contributed by atoms with Gasteiger partial charge in [-0.2, -0.15) is 0 Å². The van der Waals surface area contributed by atoms with Crippen molar-refractivity contribution in [2.45, 2.75) is 25.5 Å². The molecule has 0 spiro atoms. The Morgan fingerprint density at radius 2 is 2.11 bits per heavy atom. The summed E-state index contributed by atoms with van der Waals surface area (Å²) in [6.07, 6.45) is 0.898. The maximum atomic E-state index is 12.3. The number of amides is 1. The van der Waals surface area contributed by atoms with Crippen LogP contribution in [0.1, 0.15) is 18.9 Å². The van der Waals surface area contributed by atoms with Crippen LogP contribution in [0.5, 0.6) is 0 Å². The Kier molecular flexibility index (Phi) is 4.88. The number of hydrogen-bond acceptors (Lipinski definition) is 3. The molecule has 2 rings (SSSR count). The molecule has 0 unspecified atom stereocenters. The summed E-state index contributed by atoms with van der Waals surface area (Å²) in [5.41, 5.74) is 2.20. The molecule has 0 radical (unpaired) electrons. The van der Waals surface area contributed by atoms with Crippen molar-refractivity contribution in [2.75, 3.05) is 23.8 Å². The highest BCUT2D eigenvalue weighted by atomic mass is 32.2. The van der Waals surface area contributed by atoms with Gasteiger partial charge in [0.15, 0.2) is 0 Å². The summed E-state index contributed by atoms with van der Waals surface area (Å²) in [6, 6.07) is 8.10. The lowest BCUT2D eigenvalue weighted by atomic mass is 10.2. The highest BCUT2D eigenvalue weighted by molar-refractivity contribution is 8.00. The first-order valence-electron chi connectivity index (χ1n) is 6.72. The van der Waals surface area contributed by atoms with Crippen LogP contribution >= 0.6 is 11.8 Å². The number of aliphatic hydroxyl groups is 1. The van der Waals surface area contributed by atoms with E-state index in [2.05, 4.69) is 0 Å². The fraction of sp³-hybridized carbons (Fsp3) is 0.533. The Bertz CT molecular complexity index is 432. The molecule has 1 heterocycles. The predicted octanol–water partition coefficient (Wildman–Crippen LogP) is 2.46. The molecule has 0 aliphatic carbocycles. The van der Waals surface area contributed by atoms with Gasteiger partial charge in [-0.05, 0) is 37.1 Å². The van der Waals surface area contributed by atoms with E-state index in [0.717, 1.165) is 24.4 Å². The van der Waals surface area contributed by atoms with E-state index in [1.807, 2.05) is 43.0 Å². The van der Waals surface area contributed by atoms with Crippen molar-refractivity contribution in [3.05, 3.63) is 29.8 Å². The third-order valence-electron chi connectivity index (χ3n) is 3.40. The number of benzene rings is 1. The zero-order valence-corrected chi connectivity index (χ0v) is 12.3. The number of carbonyl (C=O) groups excluding carboxylic acids is 1. The van der Waals surface area contributed by atoms with E-state index in [1.165, 1.54) is 5.56 Å². The second kappa shape index (κ2) is 6.44. The van der Waals surface area contributed by atoms with Crippen molar-refractivity contribution in [3.8, 4) is 0 Å². The second-order valence-electron chi connectivity index (χ2n) is 5.22. The monoisotopic (exact) mass is 279 g/mol. The van der Waals surface area contributed by atoms with Crippen LogP contribution in [0.3, 0.4) is 0 Å². The molecule has 0 aromatic heterocycles. The summed E-state index contributed by atoms with van der Waals surface area (Å²) in [5, 5.41) is 9.07. The first-order valence-corrected chi connectivity index (χ1v) is 7.77. The number of nitrogens with zero attached hydrogens (tertiary/aromatic N) is 1. The van der Waals surface area contributed by atoms with Gasteiger partial charge in [0.1, 0.15) is 0 Å². The summed E-state index contributed by atoms with van der Waals surface area (Å²) in [6.45, 7) is 5.04. The Labute approximate surface area is 119 Å². The van der Waals surface area contributed by atoms with E-state index in [0.29, 0.717) is 0 Å². The fourth-order valence-electron chi connectivity index (χ4n) is 2.12. The highest BCUT2D eigenvalue weighted by Crippen LogP contribution is 2.29. The van der Waals surface area contributed by atoms with Crippen LogP contribution < -0.4 is 4.90 Å². The Morgan fingerprint density at radius 1 is 1.42 bits per heavy atom. The van der Waals surface area contributed by atoms with Gasteiger partial charge < -0.3 is 10.0 Å². The minimum absolute atomic E-state index is 0.0512. The Morgan fingerprint density at radius 3 is 2.74 bits per heavy atom. The third kappa shape index (κ3) is 3.51. The van der Waals surface area contributed by atoms with Gasteiger partial charge in [-0.25, -0.2) is 0 Å². The molecule has 1 aromatic rings. The molecular weight excluding hydrogens is 258 g/mol. The number of rotatable bonds is 5. The van der Waals surface area contributed by atoms with Gasteiger partial charge in [-0.15, -0.1) is 11.8 Å². The summed E-state index contributed by atoms with van der Waals surface area (Å²) >= 11 is 1.68.